The van der Waals surface area contributed by atoms with Crippen molar-refractivity contribution in [2.45, 2.75) is 52.1 Å². The zero-order valence-corrected chi connectivity index (χ0v) is 15.9. The SMILES string of the molecule is CCc1ccc([C@H](NC(=O)C[NH+](C)CC(=O)NC2CC2)C(C)C)cc1. The summed E-state index contributed by atoms with van der Waals surface area (Å²) in [5, 5.41) is 6.10. The number of likely N-dealkylation sites (N-methyl/N-ethyl adjacent to an activating group) is 1. The molecule has 1 aliphatic rings. The lowest BCUT2D eigenvalue weighted by atomic mass is 9.95. The third-order valence-corrected chi connectivity index (χ3v) is 4.60. The van der Waals surface area contributed by atoms with E-state index < -0.39 is 0 Å². The van der Waals surface area contributed by atoms with Crippen molar-refractivity contribution in [3.05, 3.63) is 35.4 Å². The van der Waals surface area contributed by atoms with Gasteiger partial charge in [-0.25, -0.2) is 0 Å². The molecule has 1 aromatic carbocycles. The Kier molecular flexibility index (Phi) is 7.00. The zero-order chi connectivity index (χ0) is 18.4. The van der Waals surface area contributed by atoms with Gasteiger partial charge in [0.05, 0.1) is 13.1 Å². The average molecular weight is 346 g/mol. The Morgan fingerprint density at radius 3 is 2.24 bits per heavy atom. The van der Waals surface area contributed by atoms with Gasteiger partial charge in [0.25, 0.3) is 11.8 Å². The van der Waals surface area contributed by atoms with Gasteiger partial charge in [-0.1, -0.05) is 45.0 Å². The van der Waals surface area contributed by atoms with Gasteiger partial charge in [0.1, 0.15) is 0 Å². The van der Waals surface area contributed by atoms with Crippen LogP contribution in [0.2, 0.25) is 0 Å². The number of rotatable bonds is 9. The normalized spacial score (nSPS) is 16.4. The van der Waals surface area contributed by atoms with Gasteiger partial charge in [0, 0.05) is 6.04 Å². The highest BCUT2D eigenvalue weighted by atomic mass is 16.2. The Morgan fingerprint density at radius 2 is 1.72 bits per heavy atom. The molecule has 0 aromatic heterocycles. The van der Waals surface area contributed by atoms with Crippen molar-refractivity contribution in [2.24, 2.45) is 5.92 Å². The number of carbonyl (C=O) groups is 2. The molecular formula is C20H32N3O2+. The van der Waals surface area contributed by atoms with Crippen molar-refractivity contribution in [1.82, 2.24) is 10.6 Å². The van der Waals surface area contributed by atoms with Gasteiger partial charge >= 0.3 is 0 Å². The Labute approximate surface area is 151 Å². The van der Waals surface area contributed by atoms with Crippen LogP contribution in [0.3, 0.4) is 0 Å². The Balaban J connectivity index is 1.86. The molecule has 138 valence electrons. The number of aryl methyl sites for hydroxylation is 1. The van der Waals surface area contributed by atoms with Crippen molar-refractivity contribution in [2.75, 3.05) is 20.1 Å². The third kappa shape index (κ3) is 6.50. The van der Waals surface area contributed by atoms with Gasteiger partial charge in [0.15, 0.2) is 13.1 Å². The van der Waals surface area contributed by atoms with E-state index >= 15 is 0 Å². The largest absolute Gasteiger partial charge is 0.348 e. The standard InChI is InChI=1S/C20H31N3O2/c1-5-15-6-8-16(9-7-15)20(14(2)3)22-19(25)13-23(4)12-18(24)21-17-10-11-17/h6-9,14,17,20H,5,10-13H2,1-4H3,(H,21,24)(H,22,25)/p+1/t20-/m1/s1. The number of carbonyl (C=O) groups excluding carboxylic acids is 2. The van der Waals surface area contributed by atoms with E-state index in [2.05, 4.69) is 55.7 Å². The maximum Gasteiger partial charge on any atom is 0.275 e. The molecule has 5 heteroatoms. The van der Waals surface area contributed by atoms with Crippen LogP contribution in [-0.2, 0) is 16.0 Å². The fourth-order valence-electron chi connectivity index (χ4n) is 2.94. The molecule has 5 nitrogen and oxygen atoms in total. The summed E-state index contributed by atoms with van der Waals surface area (Å²) in [4.78, 5) is 25.2. The summed E-state index contributed by atoms with van der Waals surface area (Å²) in [6.45, 7) is 6.99. The van der Waals surface area contributed by atoms with E-state index in [1.54, 1.807) is 0 Å². The molecule has 0 bridgehead atoms. The van der Waals surface area contributed by atoms with Crippen molar-refractivity contribution >= 4 is 11.8 Å². The van der Waals surface area contributed by atoms with Crippen LogP contribution >= 0.6 is 0 Å². The molecule has 1 unspecified atom stereocenters. The molecule has 1 fully saturated rings. The Morgan fingerprint density at radius 1 is 1.12 bits per heavy atom. The molecule has 1 aromatic rings. The fourth-order valence-corrected chi connectivity index (χ4v) is 2.94. The first-order valence-corrected chi connectivity index (χ1v) is 9.38. The summed E-state index contributed by atoms with van der Waals surface area (Å²) in [5.74, 6) is 0.313. The summed E-state index contributed by atoms with van der Waals surface area (Å²) in [6, 6.07) is 8.80. The molecule has 1 aliphatic carbocycles. The van der Waals surface area contributed by atoms with Crippen LogP contribution in [0.1, 0.15) is 50.8 Å². The Bertz CT molecular complexity index is 579. The lowest BCUT2D eigenvalue weighted by Crippen LogP contribution is -3.11. The van der Waals surface area contributed by atoms with Crippen LogP contribution in [-0.4, -0.2) is 38.0 Å². The van der Waals surface area contributed by atoms with E-state index in [9.17, 15) is 9.59 Å². The first kappa shape index (κ1) is 19.4. The number of hydrogen-bond acceptors (Lipinski definition) is 2. The molecule has 0 heterocycles. The molecule has 2 amide bonds. The van der Waals surface area contributed by atoms with E-state index in [0.717, 1.165) is 29.7 Å². The first-order chi connectivity index (χ1) is 11.9. The minimum Gasteiger partial charge on any atom is -0.348 e. The summed E-state index contributed by atoms with van der Waals surface area (Å²) in [6.07, 6.45) is 3.17. The highest BCUT2D eigenvalue weighted by Crippen LogP contribution is 2.22. The zero-order valence-electron chi connectivity index (χ0n) is 15.9. The Hall–Kier alpha value is -1.88. The van der Waals surface area contributed by atoms with Gasteiger partial charge < -0.3 is 15.5 Å². The predicted molar refractivity (Wildman–Crippen MR) is 99.3 cm³/mol. The van der Waals surface area contributed by atoms with Crippen LogP contribution in [0.4, 0.5) is 0 Å². The summed E-state index contributed by atoms with van der Waals surface area (Å²) in [5.41, 5.74) is 2.42. The summed E-state index contributed by atoms with van der Waals surface area (Å²) < 4.78 is 0. The molecule has 1 saturated carbocycles. The number of nitrogens with one attached hydrogen (secondary N) is 3. The minimum absolute atomic E-state index is 0.00787. The van der Waals surface area contributed by atoms with Gasteiger partial charge in [0.2, 0.25) is 0 Å². The highest BCUT2D eigenvalue weighted by molar-refractivity contribution is 5.79. The van der Waals surface area contributed by atoms with Crippen LogP contribution in [0.5, 0.6) is 0 Å². The average Bonchev–Trinajstić information content (AvgIpc) is 3.36. The van der Waals surface area contributed by atoms with Crippen LogP contribution in [0.25, 0.3) is 0 Å². The van der Waals surface area contributed by atoms with Gasteiger partial charge in [-0.15, -0.1) is 0 Å². The molecule has 25 heavy (non-hydrogen) atoms. The molecule has 2 rings (SSSR count). The van der Waals surface area contributed by atoms with E-state index in [0.29, 0.717) is 25.0 Å². The number of quaternary nitrogens is 1. The molecule has 3 N–H and O–H groups in total. The predicted octanol–water partition coefficient (Wildman–Crippen LogP) is 0.856. The number of benzene rings is 1. The van der Waals surface area contributed by atoms with Gasteiger partial charge in [-0.2, -0.15) is 0 Å². The monoisotopic (exact) mass is 346 g/mol. The summed E-state index contributed by atoms with van der Waals surface area (Å²) in [7, 11) is 1.88. The maximum absolute atomic E-state index is 12.4. The fraction of sp³-hybridized carbons (Fsp3) is 0.600. The van der Waals surface area contributed by atoms with Crippen molar-refractivity contribution < 1.29 is 14.5 Å². The minimum atomic E-state index is -0.0185. The molecule has 0 aliphatic heterocycles. The lowest BCUT2D eigenvalue weighted by Gasteiger charge is -2.24. The second kappa shape index (κ2) is 8.99. The number of hydrogen-bond donors (Lipinski definition) is 3. The van der Waals surface area contributed by atoms with E-state index in [1.165, 1.54) is 5.56 Å². The van der Waals surface area contributed by atoms with E-state index in [1.807, 2.05) is 7.05 Å². The first-order valence-electron chi connectivity index (χ1n) is 9.38. The van der Waals surface area contributed by atoms with Crippen LogP contribution < -0.4 is 15.5 Å². The topological polar surface area (TPSA) is 62.6 Å². The maximum atomic E-state index is 12.4. The highest BCUT2D eigenvalue weighted by Gasteiger charge is 2.25. The quantitative estimate of drug-likeness (QED) is 0.621. The summed E-state index contributed by atoms with van der Waals surface area (Å²) >= 11 is 0. The molecule has 0 saturated heterocycles. The smallest absolute Gasteiger partial charge is 0.275 e. The van der Waals surface area contributed by atoms with E-state index in [-0.39, 0.29) is 17.9 Å². The van der Waals surface area contributed by atoms with E-state index in [4.69, 9.17) is 0 Å². The van der Waals surface area contributed by atoms with Crippen molar-refractivity contribution in [3.63, 3.8) is 0 Å². The number of amides is 2. The van der Waals surface area contributed by atoms with Crippen molar-refractivity contribution in [3.8, 4) is 0 Å². The third-order valence-electron chi connectivity index (χ3n) is 4.60. The van der Waals surface area contributed by atoms with Crippen LogP contribution in [0.15, 0.2) is 24.3 Å². The van der Waals surface area contributed by atoms with Gasteiger partial charge in [-0.05, 0) is 36.3 Å². The second-order valence-corrected chi connectivity index (χ2v) is 7.54. The molecule has 2 atom stereocenters. The van der Waals surface area contributed by atoms with Crippen LogP contribution in [0, 0.1) is 5.92 Å². The second-order valence-electron chi connectivity index (χ2n) is 7.54. The molecule has 0 spiro atoms. The molecule has 0 radical (unpaired) electrons. The van der Waals surface area contributed by atoms with Crippen molar-refractivity contribution in [1.29, 1.82) is 0 Å². The molecular weight excluding hydrogens is 314 g/mol. The lowest BCUT2D eigenvalue weighted by molar-refractivity contribution is -0.862. The van der Waals surface area contributed by atoms with Gasteiger partial charge in [-0.3, -0.25) is 9.59 Å².